The second kappa shape index (κ2) is 8.93. The third-order valence-corrected chi connectivity index (χ3v) is 5.60. The highest BCUT2D eigenvalue weighted by atomic mass is 32.2. The summed E-state index contributed by atoms with van der Waals surface area (Å²) in [6.45, 7) is 5.35. The first kappa shape index (κ1) is 17.0. The Labute approximate surface area is 136 Å². The van der Waals surface area contributed by atoms with Crippen LogP contribution in [0.5, 0.6) is 5.75 Å². The number of nitrogens with zero attached hydrogens (tertiary/aromatic N) is 1. The van der Waals surface area contributed by atoms with Crippen molar-refractivity contribution in [3.8, 4) is 5.75 Å². The first-order valence-corrected chi connectivity index (χ1v) is 9.72. The number of benzene rings is 1. The van der Waals surface area contributed by atoms with Crippen molar-refractivity contribution in [2.45, 2.75) is 31.3 Å². The molecule has 0 radical (unpaired) electrons. The van der Waals surface area contributed by atoms with Crippen molar-refractivity contribution in [3.63, 3.8) is 0 Å². The molecule has 1 aromatic carbocycles. The molecule has 1 aliphatic heterocycles. The monoisotopic (exact) mass is 327 g/mol. The van der Waals surface area contributed by atoms with Crippen molar-refractivity contribution in [1.82, 2.24) is 4.31 Å². The van der Waals surface area contributed by atoms with Crippen molar-refractivity contribution in [2.24, 2.45) is 5.92 Å². The molecule has 0 amide bonds. The Bertz CT molecular complexity index is 434. The minimum atomic E-state index is 0.0880. The molecule has 2 rings (SSSR count). The van der Waals surface area contributed by atoms with E-state index < -0.39 is 0 Å². The number of aliphatic hydroxyl groups is 1. The molecule has 118 valence electrons. The fourth-order valence-electron chi connectivity index (χ4n) is 2.50. The van der Waals surface area contributed by atoms with Crippen LogP contribution in [0.2, 0.25) is 0 Å². The number of thioether (sulfide) groups is 1. The van der Waals surface area contributed by atoms with E-state index in [0.29, 0.717) is 5.92 Å². The summed E-state index contributed by atoms with van der Waals surface area (Å²) in [7, 11) is 0. The van der Waals surface area contributed by atoms with Crippen LogP contribution in [0.1, 0.15) is 25.3 Å². The fourth-order valence-corrected chi connectivity index (χ4v) is 3.90. The molecule has 0 spiro atoms. The van der Waals surface area contributed by atoms with Gasteiger partial charge in [0.25, 0.3) is 0 Å². The van der Waals surface area contributed by atoms with Gasteiger partial charge in [0.05, 0.1) is 13.2 Å². The van der Waals surface area contributed by atoms with E-state index in [4.69, 9.17) is 4.74 Å². The summed E-state index contributed by atoms with van der Waals surface area (Å²) in [5.41, 5.74) is 0.951. The molecule has 1 saturated heterocycles. The summed E-state index contributed by atoms with van der Waals surface area (Å²) < 4.78 is 8.49. The van der Waals surface area contributed by atoms with Crippen LogP contribution in [0.15, 0.2) is 23.1 Å². The first-order chi connectivity index (χ1) is 10.3. The lowest BCUT2D eigenvalue weighted by Crippen LogP contribution is -2.30. The minimum absolute atomic E-state index is 0.0880. The van der Waals surface area contributed by atoms with Crippen molar-refractivity contribution in [2.75, 3.05) is 31.7 Å². The van der Waals surface area contributed by atoms with Crippen molar-refractivity contribution in [3.05, 3.63) is 23.8 Å². The zero-order valence-electron chi connectivity index (χ0n) is 12.9. The van der Waals surface area contributed by atoms with Gasteiger partial charge in [0.1, 0.15) is 5.75 Å². The van der Waals surface area contributed by atoms with Gasteiger partial charge in [0.2, 0.25) is 0 Å². The molecule has 1 fully saturated rings. The van der Waals surface area contributed by atoms with E-state index in [9.17, 15) is 5.11 Å². The number of hydrogen-bond acceptors (Lipinski definition) is 5. The Morgan fingerprint density at radius 2 is 2.10 bits per heavy atom. The van der Waals surface area contributed by atoms with Crippen LogP contribution >= 0.6 is 23.7 Å². The molecule has 1 N–H and O–H groups in total. The second-order valence-corrected chi connectivity index (χ2v) is 7.43. The highest BCUT2D eigenvalue weighted by molar-refractivity contribution is 7.99. The summed E-state index contributed by atoms with van der Waals surface area (Å²) in [4.78, 5) is 1.14. The Morgan fingerprint density at radius 1 is 1.33 bits per heavy atom. The molecule has 0 aliphatic carbocycles. The van der Waals surface area contributed by atoms with Gasteiger partial charge in [-0.1, -0.05) is 24.9 Å². The van der Waals surface area contributed by atoms with Gasteiger partial charge in [-0.25, -0.2) is 0 Å². The Hall–Kier alpha value is -0.360. The van der Waals surface area contributed by atoms with Gasteiger partial charge in [0.15, 0.2) is 0 Å². The lowest BCUT2D eigenvalue weighted by molar-refractivity contribution is 0.188. The Morgan fingerprint density at radius 3 is 2.71 bits per heavy atom. The van der Waals surface area contributed by atoms with Crippen molar-refractivity contribution < 1.29 is 9.84 Å². The van der Waals surface area contributed by atoms with Gasteiger partial charge < -0.3 is 9.84 Å². The second-order valence-electron chi connectivity index (χ2n) is 5.24. The fraction of sp³-hybridized carbons (Fsp3) is 0.625. The number of rotatable bonds is 7. The van der Waals surface area contributed by atoms with Gasteiger partial charge in [-0.2, -0.15) is 0 Å². The van der Waals surface area contributed by atoms with E-state index in [-0.39, 0.29) is 6.61 Å². The molecule has 21 heavy (non-hydrogen) atoms. The maximum absolute atomic E-state index is 9.25. The highest BCUT2D eigenvalue weighted by Gasteiger charge is 2.19. The average molecular weight is 328 g/mol. The number of aliphatic hydroxyl groups excluding tert-OH is 1. The maximum atomic E-state index is 9.25. The van der Waals surface area contributed by atoms with Crippen molar-refractivity contribution in [1.29, 1.82) is 0 Å². The molecule has 1 heterocycles. The van der Waals surface area contributed by atoms with Gasteiger partial charge in [0, 0.05) is 18.0 Å². The van der Waals surface area contributed by atoms with E-state index in [1.54, 1.807) is 11.8 Å². The van der Waals surface area contributed by atoms with E-state index in [1.165, 1.54) is 12.8 Å². The number of ether oxygens (including phenoxy) is 1. The summed E-state index contributed by atoms with van der Waals surface area (Å²) in [5, 5.41) is 9.25. The SMILES string of the molecule is CCSc1cc(CO)ccc1OCC1CCN(SC)CC1. The number of hydrogen-bond donors (Lipinski definition) is 1. The van der Waals surface area contributed by atoms with Crippen LogP contribution in [-0.2, 0) is 6.61 Å². The van der Waals surface area contributed by atoms with E-state index in [2.05, 4.69) is 17.5 Å². The predicted molar refractivity (Wildman–Crippen MR) is 92.1 cm³/mol. The predicted octanol–water partition coefficient (Wildman–Crippen LogP) is 3.66. The molecule has 5 heteroatoms. The molecule has 0 saturated carbocycles. The highest BCUT2D eigenvalue weighted by Crippen LogP contribution is 2.31. The molecule has 3 nitrogen and oxygen atoms in total. The minimum Gasteiger partial charge on any atom is -0.492 e. The first-order valence-electron chi connectivity index (χ1n) is 7.55. The standard InChI is InChI=1S/C16H25NO2S2/c1-3-21-16-10-14(11-18)4-5-15(16)19-12-13-6-8-17(20-2)9-7-13/h4-5,10,13,18H,3,6-9,11-12H2,1-2H3. The van der Waals surface area contributed by atoms with Crippen LogP contribution in [-0.4, -0.2) is 41.1 Å². The lowest BCUT2D eigenvalue weighted by atomic mass is 9.99. The molecular weight excluding hydrogens is 302 g/mol. The Kier molecular flexibility index (Phi) is 7.23. The van der Waals surface area contributed by atoms with Gasteiger partial charge in [-0.15, -0.1) is 11.8 Å². The largest absolute Gasteiger partial charge is 0.492 e. The maximum Gasteiger partial charge on any atom is 0.132 e. The van der Waals surface area contributed by atoms with Gasteiger partial charge >= 0.3 is 0 Å². The molecular formula is C16H25NO2S2. The normalized spacial score (nSPS) is 17.1. The molecule has 0 atom stereocenters. The van der Waals surface area contributed by atoms with E-state index in [0.717, 1.165) is 41.7 Å². The third-order valence-electron chi connectivity index (χ3n) is 3.80. The van der Waals surface area contributed by atoms with Crippen LogP contribution < -0.4 is 4.74 Å². The molecule has 1 aromatic rings. The van der Waals surface area contributed by atoms with Crippen molar-refractivity contribution >= 4 is 23.7 Å². The van der Waals surface area contributed by atoms with E-state index in [1.807, 2.05) is 30.1 Å². The smallest absolute Gasteiger partial charge is 0.132 e. The van der Waals surface area contributed by atoms with Crippen LogP contribution in [0.4, 0.5) is 0 Å². The van der Waals surface area contributed by atoms with Gasteiger partial charge in [-0.3, -0.25) is 4.31 Å². The summed E-state index contributed by atoms with van der Waals surface area (Å²) in [5.74, 6) is 2.63. The molecule has 0 aromatic heterocycles. The lowest BCUT2D eigenvalue weighted by Gasteiger charge is -2.30. The molecule has 0 unspecified atom stereocenters. The number of piperidine rings is 1. The topological polar surface area (TPSA) is 32.7 Å². The van der Waals surface area contributed by atoms with Gasteiger partial charge in [-0.05, 0) is 48.5 Å². The van der Waals surface area contributed by atoms with Crippen LogP contribution in [0.3, 0.4) is 0 Å². The Balaban J connectivity index is 1.90. The van der Waals surface area contributed by atoms with Crippen LogP contribution in [0, 0.1) is 5.92 Å². The molecule has 0 bridgehead atoms. The average Bonchev–Trinajstić information content (AvgIpc) is 2.54. The summed E-state index contributed by atoms with van der Waals surface area (Å²) in [6.07, 6.45) is 4.57. The van der Waals surface area contributed by atoms with E-state index >= 15 is 0 Å². The third kappa shape index (κ3) is 5.09. The van der Waals surface area contributed by atoms with Crippen LogP contribution in [0.25, 0.3) is 0 Å². The summed E-state index contributed by atoms with van der Waals surface area (Å²) >= 11 is 3.62. The zero-order valence-corrected chi connectivity index (χ0v) is 14.5. The summed E-state index contributed by atoms with van der Waals surface area (Å²) in [6, 6.07) is 5.99. The zero-order chi connectivity index (χ0) is 15.1. The molecule has 1 aliphatic rings. The quantitative estimate of drug-likeness (QED) is 0.610.